The van der Waals surface area contributed by atoms with Crippen molar-refractivity contribution in [3.8, 4) is 0 Å². The highest BCUT2D eigenvalue weighted by Crippen LogP contribution is 2.25. The number of rotatable bonds is 5. The van der Waals surface area contributed by atoms with Crippen molar-refractivity contribution in [2.75, 3.05) is 38.5 Å². The number of carbonyl (C=O) groups excluding carboxylic acids is 1. The van der Waals surface area contributed by atoms with Gasteiger partial charge in [-0.2, -0.15) is 0 Å². The molecule has 2 amide bonds. The maximum Gasteiger partial charge on any atom is 0.319 e. The second-order valence-corrected chi connectivity index (χ2v) is 7.45. The summed E-state index contributed by atoms with van der Waals surface area (Å²) >= 11 is 0. The fraction of sp³-hybridized carbons (Fsp3) is 0.409. The number of nitrogens with one attached hydrogen (secondary N) is 2. The van der Waals surface area contributed by atoms with Crippen LogP contribution in [0, 0.1) is 6.92 Å². The second kappa shape index (κ2) is 9.02. The van der Waals surface area contributed by atoms with E-state index in [0.717, 1.165) is 37.4 Å². The van der Waals surface area contributed by atoms with Crippen LogP contribution in [0.15, 0.2) is 54.6 Å². The van der Waals surface area contributed by atoms with Crippen LogP contribution in [-0.2, 0) is 0 Å². The van der Waals surface area contributed by atoms with Crippen molar-refractivity contribution in [3.05, 3.63) is 65.7 Å². The van der Waals surface area contributed by atoms with Crippen molar-refractivity contribution < 1.29 is 4.79 Å². The quantitative estimate of drug-likeness (QED) is 0.851. The summed E-state index contributed by atoms with van der Waals surface area (Å²) in [7, 11) is 2.16. The van der Waals surface area contributed by atoms with E-state index in [1.54, 1.807) is 0 Å². The van der Waals surface area contributed by atoms with E-state index in [4.69, 9.17) is 0 Å². The van der Waals surface area contributed by atoms with Crippen LogP contribution in [0.4, 0.5) is 10.5 Å². The molecule has 0 unspecified atom stereocenters. The molecule has 1 saturated heterocycles. The van der Waals surface area contributed by atoms with Gasteiger partial charge in [0.1, 0.15) is 0 Å². The number of hydrogen-bond donors (Lipinski definition) is 2. The van der Waals surface area contributed by atoms with Gasteiger partial charge in [-0.25, -0.2) is 4.79 Å². The summed E-state index contributed by atoms with van der Waals surface area (Å²) in [5.74, 6) is 0. The molecule has 2 atom stereocenters. The molecule has 0 aliphatic carbocycles. The van der Waals surface area contributed by atoms with E-state index < -0.39 is 0 Å². The summed E-state index contributed by atoms with van der Waals surface area (Å²) in [6, 6.07) is 18.3. The lowest BCUT2D eigenvalue weighted by atomic mass is 9.98. The molecule has 0 spiro atoms. The van der Waals surface area contributed by atoms with Crippen LogP contribution in [-0.4, -0.2) is 55.1 Å². The van der Waals surface area contributed by atoms with Crippen LogP contribution in [0.5, 0.6) is 0 Å². The van der Waals surface area contributed by atoms with Crippen LogP contribution in [0.2, 0.25) is 0 Å². The Morgan fingerprint density at radius 3 is 2.37 bits per heavy atom. The van der Waals surface area contributed by atoms with E-state index in [1.807, 2.05) is 37.3 Å². The Labute approximate surface area is 162 Å². The van der Waals surface area contributed by atoms with E-state index in [2.05, 4.69) is 58.7 Å². The maximum atomic E-state index is 12.6. The Bertz CT molecular complexity index is 741. The van der Waals surface area contributed by atoms with Gasteiger partial charge < -0.3 is 15.5 Å². The molecule has 1 aliphatic heterocycles. The first kappa shape index (κ1) is 19.4. The number of piperazine rings is 1. The molecule has 0 saturated carbocycles. The Balaban J connectivity index is 1.70. The van der Waals surface area contributed by atoms with Gasteiger partial charge in [-0.3, -0.25) is 4.90 Å². The Morgan fingerprint density at radius 1 is 1.00 bits per heavy atom. The van der Waals surface area contributed by atoms with Gasteiger partial charge in [0.05, 0.1) is 6.04 Å². The average Bonchev–Trinajstić information content (AvgIpc) is 2.64. The minimum Gasteiger partial charge on any atom is -0.333 e. The van der Waals surface area contributed by atoms with E-state index in [1.165, 1.54) is 5.56 Å². The summed E-state index contributed by atoms with van der Waals surface area (Å²) in [4.78, 5) is 17.4. The van der Waals surface area contributed by atoms with Gasteiger partial charge in [0.2, 0.25) is 0 Å². The van der Waals surface area contributed by atoms with Crippen molar-refractivity contribution in [1.82, 2.24) is 15.1 Å². The van der Waals surface area contributed by atoms with Gasteiger partial charge in [0.25, 0.3) is 0 Å². The minimum absolute atomic E-state index is 0.0133. The van der Waals surface area contributed by atoms with E-state index in [9.17, 15) is 4.79 Å². The standard InChI is InChI=1S/C22H30N4O/c1-17-8-7-11-20(16-17)24-22(27)23-18(2)21(19-9-5-4-6-10-19)26-14-12-25(3)13-15-26/h4-11,16,18,21H,12-15H2,1-3H3,(H2,23,24,27)/t18-,21+/m0/s1. The molecule has 1 aliphatic rings. The number of hydrogen-bond acceptors (Lipinski definition) is 3. The lowest BCUT2D eigenvalue weighted by molar-refractivity contribution is 0.0954. The number of aryl methyl sites for hydroxylation is 1. The number of carbonyl (C=O) groups is 1. The predicted octanol–water partition coefficient (Wildman–Crippen LogP) is 3.49. The third kappa shape index (κ3) is 5.31. The van der Waals surface area contributed by atoms with Gasteiger partial charge in [0, 0.05) is 37.9 Å². The zero-order valence-electron chi connectivity index (χ0n) is 16.5. The van der Waals surface area contributed by atoms with Crippen LogP contribution in [0.25, 0.3) is 0 Å². The first-order valence-electron chi connectivity index (χ1n) is 9.64. The smallest absolute Gasteiger partial charge is 0.319 e. The van der Waals surface area contributed by atoms with Crippen molar-refractivity contribution in [3.63, 3.8) is 0 Å². The summed E-state index contributed by atoms with van der Waals surface area (Å²) in [6.07, 6.45) is 0. The van der Waals surface area contributed by atoms with Gasteiger partial charge in [-0.05, 0) is 44.2 Å². The molecule has 27 heavy (non-hydrogen) atoms. The summed E-state index contributed by atoms with van der Waals surface area (Å²) < 4.78 is 0. The molecule has 2 N–H and O–H groups in total. The van der Waals surface area contributed by atoms with Gasteiger partial charge >= 0.3 is 6.03 Å². The third-order valence-corrected chi connectivity index (χ3v) is 5.18. The molecule has 5 nitrogen and oxygen atoms in total. The fourth-order valence-electron chi connectivity index (χ4n) is 3.74. The highest BCUT2D eigenvalue weighted by atomic mass is 16.2. The van der Waals surface area contributed by atoms with Crippen LogP contribution in [0.1, 0.15) is 24.1 Å². The monoisotopic (exact) mass is 366 g/mol. The first-order chi connectivity index (χ1) is 13.0. The Hall–Kier alpha value is -2.37. The highest BCUT2D eigenvalue weighted by Gasteiger charge is 2.29. The van der Waals surface area contributed by atoms with E-state index >= 15 is 0 Å². The van der Waals surface area contributed by atoms with Gasteiger partial charge in [-0.1, -0.05) is 42.5 Å². The lowest BCUT2D eigenvalue weighted by Crippen LogP contribution is -2.52. The van der Waals surface area contributed by atoms with Crippen LogP contribution < -0.4 is 10.6 Å². The van der Waals surface area contributed by atoms with Crippen LogP contribution >= 0.6 is 0 Å². The molecule has 144 valence electrons. The predicted molar refractivity (Wildman–Crippen MR) is 111 cm³/mol. The molecule has 1 fully saturated rings. The van der Waals surface area contributed by atoms with Crippen molar-refractivity contribution >= 4 is 11.7 Å². The molecular formula is C22H30N4O. The highest BCUT2D eigenvalue weighted by molar-refractivity contribution is 5.89. The molecule has 2 aromatic carbocycles. The Kier molecular flexibility index (Phi) is 6.48. The summed E-state index contributed by atoms with van der Waals surface area (Å²) in [6.45, 7) is 8.20. The molecule has 0 bridgehead atoms. The van der Waals surface area contributed by atoms with Crippen LogP contribution in [0.3, 0.4) is 0 Å². The van der Waals surface area contributed by atoms with Gasteiger partial charge in [0.15, 0.2) is 0 Å². The van der Waals surface area contributed by atoms with E-state index in [0.29, 0.717) is 0 Å². The molecule has 0 radical (unpaired) electrons. The molecule has 2 aromatic rings. The number of likely N-dealkylation sites (N-methyl/N-ethyl adjacent to an activating group) is 1. The molecular weight excluding hydrogens is 336 g/mol. The molecule has 3 rings (SSSR count). The molecule has 1 heterocycles. The summed E-state index contributed by atoms with van der Waals surface area (Å²) in [5, 5.41) is 6.10. The number of nitrogens with zero attached hydrogens (tertiary/aromatic N) is 2. The normalized spacial score (nSPS) is 17.9. The SMILES string of the molecule is Cc1cccc(NC(=O)N[C@@H](C)[C@H](c2ccccc2)N2CCN(C)CC2)c1. The topological polar surface area (TPSA) is 47.6 Å². The van der Waals surface area contributed by atoms with Crippen molar-refractivity contribution in [1.29, 1.82) is 0 Å². The summed E-state index contributed by atoms with van der Waals surface area (Å²) in [5.41, 5.74) is 3.18. The molecule has 5 heteroatoms. The minimum atomic E-state index is -0.164. The van der Waals surface area contributed by atoms with Crippen molar-refractivity contribution in [2.24, 2.45) is 0 Å². The number of amides is 2. The fourth-order valence-corrected chi connectivity index (χ4v) is 3.74. The Morgan fingerprint density at radius 2 is 1.70 bits per heavy atom. The largest absolute Gasteiger partial charge is 0.333 e. The van der Waals surface area contributed by atoms with Crippen molar-refractivity contribution in [2.45, 2.75) is 25.9 Å². The zero-order chi connectivity index (χ0) is 19.2. The number of anilines is 1. The van der Waals surface area contributed by atoms with E-state index in [-0.39, 0.29) is 18.1 Å². The van der Waals surface area contributed by atoms with Gasteiger partial charge in [-0.15, -0.1) is 0 Å². The zero-order valence-corrected chi connectivity index (χ0v) is 16.5. The first-order valence-corrected chi connectivity index (χ1v) is 9.64. The average molecular weight is 367 g/mol. The lowest BCUT2D eigenvalue weighted by Gasteiger charge is -2.41. The number of urea groups is 1. The molecule has 0 aromatic heterocycles. The third-order valence-electron chi connectivity index (χ3n) is 5.18. The maximum absolute atomic E-state index is 12.6. The second-order valence-electron chi connectivity index (χ2n) is 7.45. The number of benzene rings is 2.